The Morgan fingerprint density at radius 3 is 1.69 bits per heavy atom. The molecule has 0 radical (unpaired) electrons. The standard InChI is InChI=1S/C13H9N.CN/c1-3-7-12-10(5-1)9-11-6-2-4-8-13(11)14-12;1-2/h1-9H;/q;-1/p+1. The van der Waals surface area contributed by atoms with E-state index >= 15 is 0 Å². The summed E-state index contributed by atoms with van der Waals surface area (Å²) in [6.45, 7) is 4.75. The van der Waals surface area contributed by atoms with E-state index in [0.717, 1.165) is 0 Å². The molecule has 16 heavy (non-hydrogen) atoms. The van der Waals surface area contributed by atoms with Crippen LogP contribution in [0.25, 0.3) is 21.8 Å². The van der Waals surface area contributed by atoms with Crippen molar-refractivity contribution in [2.45, 2.75) is 0 Å². The minimum atomic E-state index is 1.19. The smallest absolute Gasteiger partial charge is 0.211 e. The van der Waals surface area contributed by atoms with Gasteiger partial charge in [-0.2, -0.15) is 0 Å². The largest absolute Gasteiger partial charge is 0.512 e. The number of nitrogens with one attached hydrogen (secondary N) is 1. The second-order valence-corrected chi connectivity index (χ2v) is 3.44. The third-order valence-corrected chi connectivity index (χ3v) is 2.50. The maximum Gasteiger partial charge on any atom is 0.211 e. The van der Waals surface area contributed by atoms with Gasteiger partial charge in [-0.3, -0.25) is 0 Å². The molecule has 3 rings (SSSR count). The molecule has 0 spiro atoms. The van der Waals surface area contributed by atoms with Gasteiger partial charge in [0, 0.05) is 22.9 Å². The molecule has 3 aromatic rings. The van der Waals surface area contributed by atoms with E-state index in [1.165, 1.54) is 21.8 Å². The van der Waals surface area contributed by atoms with Crippen LogP contribution in [-0.4, -0.2) is 0 Å². The molecule has 0 fully saturated rings. The van der Waals surface area contributed by atoms with Crippen LogP contribution in [0.3, 0.4) is 0 Å². The van der Waals surface area contributed by atoms with E-state index in [9.17, 15) is 0 Å². The van der Waals surface area contributed by atoms with Gasteiger partial charge in [-0.15, -0.1) is 0 Å². The van der Waals surface area contributed by atoms with Crippen LogP contribution in [-0.2, 0) is 0 Å². The molecule has 1 heterocycles. The third kappa shape index (κ3) is 1.71. The summed E-state index contributed by atoms with van der Waals surface area (Å²) in [6, 6.07) is 18.9. The second-order valence-electron chi connectivity index (χ2n) is 3.44. The SMILES string of the molecule is [C-]#N.c1ccc2[nH+]c3ccccc3cc2c1. The number of rotatable bonds is 0. The molecular formula is C14H10N2. The molecule has 0 atom stereocenters. The maximum atomic E-state index is 6.25. The van der Waals surface area contributed by atoms with Crippen LogP contribution in [0.5, 0.6) is 0 Å². The van der Waals surface area contributed by atoms with Crippen LogP contribution < -0.4 is 4.98 Å². The van der Waals surface area contributed by atoms with Gasteiger partial charge in [0.05, 0.1) is 0 Å². The van der Waals surface area contributed by atoms with Gasteiger partial charge >= 0.3 is 0 Å². The number of fused-ring (bicyclic) bond motifs is 2. The average molecular weight is 206 g/mol. The van der Waals surface area contributed by atoms with Crippen molar-refractivity contribution in [2.75, 3.05) is 0 Å². The molecule has 0 saturated carbocycles. The highest BCUT2D eigenvalue weighted by Gasteiger charge is 2.02. The molecular weight excluding hydrogens is 196 g/mol. The van der Waals surface area contributed by atoms with Crippen molar-refractivity contribution in [2.24, 2.45) is 0 Å². The lowest BCUT2D eigenvalue weighted by molar-refractivity contribution is -0.310. The Hall–Kier alpha value is -2.40. The predicted octanol–water partition coefficient (Wildman–Crippen LogP) is 2.90. The Morgan fingerprint density at radius 1 is 0.750 bits per heavy atom. The summed E-state index contributed by atoms with van der Waals surface area (Å²) in [5, 5.41) is 8.76. The van der Waals surface area contributed by atoms with Crippen molar-refractivity contribution in [3.05, 3.63) is 61.2 Å². The fourth-order valence-electron chi connectivity index (χ4n) is 1.79. The highest BCUT2D eigenvalue weighted by molar-refractivity contribution is 5.87. The molecule has 2 heteroatoms. The van der Waals surface area contributed by atoms with E-state index in [1.807, 2.05) is 12.1 Å². The van der Waals surface area contributed by atoms with E-state index in [-0.39, 0.29) is 0 Å². The molecule has 0 unspecified atom stereocenters. The molecule has 2 aromatic carbocycles. The van der Waals surface area contributed by atoms with Crippen LogP contribution >= 0.6 is 0 Å². The Morgan fingerprint density at radius 2 is 1.19 bits per heavy atom. The van der Waals surface area contributed by atoms with Crippen molar-refractivity contribution >= 4 is 21.8 Å². The van der Waals surface area contributed by atoms with E-state index in [2.05, 4.69) is 47.4 Å². The van der Waals surface area contributed by atoms with Crippen molar-refractivity contribution in [3.63, 3.8) is 0 Å². The van der Waals surface area contributed by atoms with Gasteiger partial charge in [-0.25, -0.2) is 4.98 Å². The van der Waals surface area contributed by atoms with Gasteiger partial charge in [0.25, 0.3) is 0 Å². The number of nitrogens with zero attached hydrogens (tertiary/aromatic N) is 1. The zero-order valence-electron chi connectivity index (χ0n) is 8.64. The van der Waals surface area contributed by atoms with Crippen LogP contribution in [0, 0.1) is 11.8 Å². The van der Waals surface area contributed by atoms with Gasteiger partial charge < -0.3 is 11.8 Å². The first-order valence-electron chi connectivity index (χ1n) is 4.96. The van der Waals surface area contributed by atoms with E-state index in [4.69, 9.17) is 11.8 Å². The minimum Gasteiger partial charge on any atom is -0.512 e. The first kappa shape index (κ1) is 10.1. The molecule has 1 N–H and O–H groups in total. The number of aromatic nitrogens is 1. The highest BCUT2D eigenvalue weighted by Crippen LogP contribution is 2.15. The van der Waals surface area contributed by atoms with Gasteiger partial charge in [0.2, 0.25) is 11.0 Å². The number of hydrogen-bond donors (Lipinski definition) is 0. The summed E-state index contributed by atoms with van der Waals surface area (Å²) < 4.78 is 0. The fourth-order valence-corrected chi connectivity index (χ4v) is 1.79. The van der Waals surface area contributed by atoms with Crippen LogP contribution in [0.4, 0.5) is 0 Å². The molecule has 0 aliphatic heterocycles. The Labute approximate surface area is 93.8 Å². The van der Waals surface area contributed by atoms with Gasteiger partial charge in [0.1, 0.15) is 0 Å². The Balaban J connectivity index is 0.000000457. The Kier molecular flexibility index (Phi) is 2.79. The lowest BCUT2D eigenvalue weighted by atomic mass is 10.1. The van der Waals surface area contributed by atoms with E-state index < -0.39 is 0 Å². The lowest BCUT2D eigenvalue weighted by Crippen LogP contribution is -2.04. The number of H-pyrrole nitrogens is 1. The highest BCUT2D eigenvalue weighted by atomic mass is 14.7. The summed E-state index contributed by atoms with van der Waals surface area (Å²) >= 11 is 0. The summed E-state index contributed by atoms with van der Waals surface area (Å²) in [5.74, 6) is 0. The zero-order chi connectivity index (χ0) is 11.4. The summed E-state index contributed by atoms with van der Waals surface area (Å²) in [7, 11) is 0. The van der Waals surface area contributed by atoms with Crippen LogP contribution in [0.2, 0.25) is 0 Å². The van der Waals surface area contributed by atoms with Gasteiger partial charge in [0.15, 0.2) is 0 Å². The molecule has 0 aliphatic rings. The van der Waals surface area contributed by atoms with Gasteiger partial charge in [-0.1, -0.05) is 24.3 Å². The maximum absolute atomic E-state index is 6.25. The minimum absolute atomic E-state index is 1.19. The number of benzene rings is 2. The molecule has 0 amide bonds. The Bertz CT molecular complexity index is 536. The zero-order valence-corrected chi connectivity index (χ0v) is 8.64. The first-order chi connectivity index (χ1) is 7.93. The third-order valence-electron chi connectivity index (χ3n) is 2.50. The van der Waals surface area contributed by atoms with Crippen molar-refractivity contribution in [1.29, 1.82) is 5.26 Å². The monoisotopic (exact) mass is 206 g/mol. The molecule has 1 aromatic heterocycles. The van der Waals surface area contributed by atoms with Crippen molar-refractivity contribution < 1.29 is 4.98 Å². The van der Waals surface area contributed by atoms with Crippen LogP contribution in [0.15, 0.2) is 54.6 Å². The average Bonchev–Trinajstić information content (AvgIpc) is 2.38. The molecule has 0 bridgehead atoms. The topological polar surface area (TPSA) is 37.9 Å². The van der Waals surface area contributed by atoms with Crippen LogP contribution in [0.1, 0.15) is 0 Å². The molecule has 2 nitrogen and oxygen atoms in total. The fraction of sp³-hybridized carbons (Fsp3) is 0. The number of hydrogen-bond acceptors (Lipinski definition) is 1. The summed E-state index contributed by atoms with van der Waals surface area (Å²) in [4.78, 5) is 3.41. The van der Waals surface area contributed by atoms with E-state index in [1.54, 1.807) is 0 Å². The van der Waals surface area contributed by atoms with E-state index in [0.29, 0.717) is 0 Å². The predicted molar refractivity (Wildman–Crippen MR) is 63.0 cm³/mol. The lowest BCUT2D eigenvalue weighted by Gasteiger charge is -1.94. The molecule has 0 saturated heterocycles. The van der Waals surface area contributed by atoms with Gasteiger partial charge in [-0.05, 0) is 18.2 Å². The quantitative estimate of drug-likeness (QED) is 0.411. The second kappa shape index (κ2) is 4.41. The first-order valence-corrected chi connectivity index (χ1v) is 4.96. The van der Waals surface area contributed by atoms with Crippen molar-refractivity contribution in [3.8, 4) is 0 Å². The number of para-hydroxylation sites is 2. The molecule has 0 aliphatic carbocycles. The summed E-state index contributed by atoms with van der Waals surface area (Å²) in [5.41, 5.74) is 2.37. The normalized spacial score (nSPS) is 9.62. The molecule has 76 valence electrons. The van der Waals surface area contributed by atoms with Crippen molar-refractivity contribution in [1.82, 2.24) is 0 Å². The number of aromatic amines is 1. The number of pyridine rings is 1. The summed E-state index contributed by atoms with van der Waals surface area (Å²) in [6.07, 6.45) is 0.